The Hall–Kier alpha value is -3.71. The second-order valence-electron chi connectivity index (χ2n) is 8.43. The summed E-state index contributed by atoms with van der Waals surface area (Å²) >= 11 is 0. The fourth-order valence-corrected chi connectivity index (χ4v) is 3.83. The van der Waals surface area contributed by atoms with E-state index in [9.17, 15) is 14.0 Å². The molecule has 3 aromatic carbocycles. The molecule has 0 unspecified atom stereocenters. The molecule has 3 aromatic rings. The molecule has 0 atom stereocenters. The maximum absolute atomic E-state index is 13.0. The van der Waals surface area contributed by atoms with Crippen molar-refractivity contribution in [2.75, 3.05) is 26.4 Å². The van der Waals surface area contributed by atoms with E-state index in [1.807, 2.05) is 36.4 Å². The van der Waals surface area contributed by atoms with Crippen molar-refractivity contribution in [2.24, 2.45) is 0 Å². The van der Waals surface area contributed by atoms with Crippen molar-refractivity contribution in [3.63, 3.8) is 0 Å². The van der Waals surface area contributed by atoms with Gasteiger partial charge in [-0.15, -0.1) is 0 Å². The molecule has 0 aliphatic carbocycles. The Kier molecular flexibility index (Phi) is 7.77. The summed E-state index contributed by atoms with van der Waals surface area (Å²) in [7, 11) is 0. The zero-order valence-electron chi connectivity index (χ0n) is 19.5. The number of carbonyl (C=O) groups excluding carboxylic acids is 2. The van der Waals surface area contributed by atoms with Crippen molar-refractivity contribution in [3.8, 4) is 11.5 Å². The lowest BCUT2D eigenvalue weighted by Crippen LogP contribution is -2.48. The van der Waals surface area contributed by atoms with Gasteiger partial charge >= 0.3 is 5.97 Å². The van der Waals surface area contributed by atoms with E-state index in [1.165, 1.54) is 24.3 Å². The quantitative estimate of drug-likeness (QED) is 0.289. The van der Waals surface area contributed by atoms with E-state index in [0.717, 1.165) is 11.1 Å². The third-order valence-corrected chi connectivity index (χ3v) is 5.88. The van der Waals surface area contributed by atoms with Crippen LogP contribution in [0, 0.1) is 5.82 Å². The molecule has 35 heavy (non-hydrogen) atoms. The van der Waals surface area contributed by atoms with Crippen LogP contribution in [-0.4, -0.2) is 38.2 Å². The number of benzene rings is 3. The van der Waals surface area contributed by atoms with Crippen molar-refractivity contribution in [1.29, 1.82) is 0 Å². The second-order valence-corrected chi connectivity index (χ2v) is 8.43. The Bertz CT molecular complexity index is 1140. The van der Waals surface area contributed by atoms with Gasteiger partial charge in [0.2, 0.25) is 0 Å². The molecule has 1 saturated heterocycles. The van der Waals surface area contributed by atoms with Gasteiger partial charge < -0.3 is 18.9 Å². The molecule has 1 fully saturated rings. The van der Waals surface area contributed by atoms with Crippen LogP contribution < -0.4 is 9.47 Å². The summed E-state index contributed by atoms with van der Waals surface area (Å²) in [6.45, 7) is 3.39. The van der Waals surface area contributed by atoms with Crippen LogP contribution in [0.3, 0.4) is 0 Å². The van der Waals surface area contributed by atoms with E-state index in [2.05, 4.69) is 0 Å². The number of rotatable bonds is 11. The van der Waals surface area contributed by atoms with Crippen LogP contribution in [-0.2, 0) is 26.3 Å². The first-order valence-electron chi connectivity index (χ1n) is 11.4. The molecule has 1 aliphatic rings. The van der Waals surface area contributed by atoms with Crippen molar-refractivity contribution in [2.45, 2.75) is 25.4 Å². The number of halogens is 1. The fourth-order valence-electron chi connectivity index (χ4n) is 3.83. The third kappa shape index (κ3) is 6.25. The molecular weight excluding hydrogens is 451 g/mol. The Morgan fingerprint density at radius 3 is 2.11 bits per heavy atom. The van der Waals surface area contributed by atoms with Crippen LogP contribution in [0.25, 0.3) is 0 Å². The van der Waals surface area contributed by atoms with E-state index >= 15 is 0 Å². The highest BCUT2D eigenvalue weighted by atomic mass is 19.1. The highest BCUT2D eigenvalue weighted by molar-refractivity contribution is 5.97. The van der Waals surface area contributed by atoms with Gasteiger partial charge in [0.1, 0.15) is 23.9 Å². The number of hydrogen-bond donors (Lipinski definition) is 0. The standard InChI is InChI=1S/C28H27FO6/c1-2-33-27(31)15-28(18-32-19-28)22-7-13-25(14-8-22)34-16-20-3-11-24(12-4-20)35-17-26(30)21-5-9-23(29)10-6-21/h3-14H,2,15-19H2,1H3. The lowest BCUT2D eigenvalue weighted by molar-refractivity contribution is -0.151. The smallest absolute Gasteiger partial charge is 0.306 e. The summed E-state index contributed by atoms with van der Waals surface area (Å²) in [5.74, 6) is 0.442. The molecule has 1 aliphatic heterocycles. The molecule has 7 heteroatoms. The fraction of sp³-hybridized carbons (Fsp3) is 0.286. The topological polar surface area (TPSA) is 71.1 Å². The summed E-state index contributed by atoms with van der Waals surface area (Å²) in [5.41, 5.74) is 2.04. The summed E-state index contributed by atoms with van der Waals surface area (Å²) in [6, 6.07) is 20.4. The molecule has 0 spiro atoms. The van der Waals surface area contributed by atoms with Crippen LogP contribution in [0.15, 0.2) is 72.8 Å². The minimum atomic E-state index is -0.387. The van der Waals surface area contributed by atoms with Gasteiger partial charge in [-0.1, -0.05) is 24.3 Å². The monoisotopic (exact) mass is 478 g/mol. The number of ether oxygens (including phenoxy) is 4. The Morgan fingerprint density at radius 2 is 1.51 bits per heavy atom. The molecule has 4 rings (SSSR count). The zero-order valence-corrected chi connectivity index (χ0v) is 19.5. The van der Waals surface area contributed by atoms with E-state index in [-0.39, 0.29) is 29.6 Å². The zero-order chi connectivity index (χ0) is 24.7. The number of ketones is 1. The predicted octanol–water partition coefficient (Wildman–Crippen LogP) is 4.89. The maximum atomic E-state index is 13.0. The van der Waals surface area contributed by atoms with Gasteiger partial charge in [0, 0.05) is 5.56 Å². The lowest BCUT2D eigenvalue weighted by Gasteiger charge is -2.41. The average molecular weight is 479 g/mol. The number of esters is 1. The summed E-state index contributed by atoms with van der Waals surface area (Å²) in [5, 5.41) is 0. The Balaban J connectivity index is 1.27. The summed E-state index contributed by atoms with van der Waals surface area (Å²) in [6.07, 6.45) is 0.297. The van der Waals surface area contributed by atoms with Gasteiger partial charge in [-0.05, 0) is 66.6 Å². The minimum Gasteiger partial charge on any atom is -0.489 e. The Labute approximate surface area is 203 Å². The van der Waals surface area contributed by atoms with Gasteiger partial charge in [0.15, 0.2) is 12.4 Å². The van der Waals surface area contributed by atoms with Crippen LogP contribution in [0.1, 0.15) is 34.8 Å². The second kappa shape index (κ2) is 11.1. The van der Waals surface area contributed by atoms with Crippen LogP contribution >= 0.6 is 0 Å². The number of carbonyl (C=O) groups is 2. The van der Waals surface area contributed by atoms with Gasteiger partial charge in [-0.3, -0.25) is 9.59 Å². The highest BCUT2D eigenvalue weighted by Gasteiger charge is 2.42. The molecule has 0 bridgehead atoms. The summed E-state index contributed by atoms with van der Waals surface area (Å²) in [4.78, 5) is 24.1. The van der Waals surface area contributed by atoms with E-state index in [4.69, 9.17) is 18.9 Å². The highest BCUT2D eigenvalue weighted by Crippen LogP contribution is 2.37. The first-order chi connectivity index (χ1) is 17.0. The lowest BCUT2D eigenvalue weighted by atomic mass is 9.76. The molecular formula is C28H27FO6. The van der Waals surface area contributed by atoms with Gasteiger partial charge in [-0.25, -0.2) is 4.39 Å². The van der Waals surface area contributed by atoms with Crippen molar-refractivity contribution >= 4 is 11.8 Å². The third-order valence-electron chi connectivity index (χ3n) is 5.88. The Morgan fingerprint density at radius 1 is 0.886 bits per heavy atom. The first kappa shape index (κ1) is 24.4. The van der Waals surface area contributed by atoms with Crippen LogP contribution in [0.5, 0.6) is 11.5 Å². The normalized spacial score (nSPS) is 14.0. The van der Waals surface area contributed by atoms with Gasteiger partial charge in [-0.2, -0.15) is 0 Å². The number of hydrogen-bond acceptors (Lipinski definition) is 6. The molecule has 0 saturated carbocycles. The van der Waals surface area contributed by atoms with Crippen molar-refractivity contribution in [1.82, 2.24) is 0 Å². The molecule has 182 valence electrons. The van der Waals surface area contributed by atoms with Gasteiger partial charge in [0.05, 0.1) is 31.7 Å². The molecule has 6 nitrogen and oxygen atoms in total. The van der Waals surface area contributed by atoms with E-state index in [0.29, 0.717) is 49.9 Å². The van der Waals surface area contributed by atoms with Crippen LogP contribution in [0.2, 0.25) is 0 Å². The molecule has 1 heterocycles. The van der Waals surface area contributed by atoms with Crippen molar-refractivity contribution < 1.29 is 32.9 Å². The maximum Gasteiger partial charge on any atom is 0.306 e. The van der Waals surface area contributed by atoms with Crippen LogP contribution in [0.4, 0.5) is 4.39 Å². The average Bonchev–Trinajstić information content (AvgIpc) is 2.85. The summed E-state index contributed by atoms with van der Waals surface area (Å²) < 4.78 is 34.9. The predicted molar refractivity (Wildman–Crippen MR) is 127 cm³/mol. The molecule has 0 N–H and O–H groups in total. The van der Waals surface area contributed by atoms with E-state index in [1.54, 1.807) is 19.1 Å². The molecule has 0 radical (unpaired) electrons. The van der Waals surface area contributed by atoms with E-state index < -0.39 is 0 Å². The SMILES string of the molecule is CCOC(=O)CC1(c2ccc(OCc3ccc(OCC(=O)c4ccc(F)cc4)cc3)cc2)COC1. The van der Waals surface area contributed by atoms with Gasteiger partial charge in [0.25, 0.3) is 0 Å². The number of Topliss-reactive ketones (excluding diaryl/α,β-unsaturated/α-hetero) is 1. The largest absolute Gasteiger partial charge is 0.489 e. The van der Waals surface area contributed by atoms with Crippen molar-refractivity contribution in [3.05, 3.63) is 95.3 Å². The molecule has 0 aromatic heterocycles. The minimum absolute atomic E-state index is 0.128. The first-order valence-corrected chi connectivity index (χ1v) is 11.4. The molecule has 0 amide bonds.